The van der Waals surface area contributed by atoms with Gasteiger partial charge in [-0.15, -0.1) is 0 Å². The van der Waals surface area contributed by atoms with Gasteiger partial charge in [0.2, 0.25) is 10.0 Å². The van der Waals surface area contributed by atoms with Crippen LogP contribution >= 0.6 is 0 Å². The molecule has 2 aromatic carbocycles. The monoisotopic (exact) mass is 332 g/mol. The third kappa shape index (κ3) is 4.41. The van der Waals surface area contributed by atoms with E-state index in [0.717, 1.165) is 11.1 Å². The van der Waals surface area contributed by atoms with Gasteiger partial charge in [-0.05, 0) is 30.5 Å². The maximum absolute atomic E-state index is 12.6. The van der Waals surface area contributed by atoms with Crippen LogP contribution in [0.4, 0.5) is 0 Å². The van der Waals surface area contributed by atoms with E-state index in [4.69, 9.17) is 5.73 Å². The van der Waals surface area contributed by atoms with Crippen LogP contribution in [0.3, 0.4) is 0 Å². The van der Waals surface area contributed by atoms with Gasteiger partial charge in [-0.25, -0.2) is 13.1 Å². The summed E-state index contributed by atoms with van der Waals surface area (Å²) in [4.78, 5) is 0.258. The van der Waals surface area contributed by atoms with E-state index in [1.165, 1.54) is 0 Å². The Hall–Kier alpha value is -1.69. The topological polar surface area (TPSA) is 72.2 Å². The van der Waals surface area contributed by atoms with Crippen molar-refractivity contribution in [3.8, 4) is 0 Å². The van der Waals surface area contributed by atoms with Crippen LogP contribution < -0.4 is 10.5 Å². The average molecular weight is 332 g/mol. The third-order valence-electron chi connectivity index (χ3n) is 3.91. The molecule has 0 spiro atoms. The Bertz CT molecular complexity index is 725. The molecule has 2 aromatic rings. The van der Waals surface area contributed by atoms with Gasteiger partial charge in [0.05, 0.1) is 4.90 Å². The van der Waals surface area contributed by atoms with Crippen LogP contribution in [0.15, 0.2) is 59.5 Å². The van der Waals surface area contributed by atoms with Gasteiger partial charge in [0.15, 0.2) is 0 Å². The minimum absolute atomic E-state index is 0.0606. The summed E-state index contributed by atoms with van der Waals surface area (Å²) in [5, 5.41) is 0. The van der Waals surface area contributed by atoms with E-state index in [0.29, 0.717) is 0 Å². The highest BCUT2D eigenvalue weighted by Gasteiger charge is 2.28. The first-order valence-corrected chi connectivity index (χ1v) is 9.19. The van der Waals surface area contributed by atoms with Crippen molar-refractivity contribution in [1.82, 2.24) is 4.72 Å². The fraction of sp³-hybridized carbons (Fsp3) is 0.333. The summed E-state index contributed by atoms with van der Waals surface area (Å²) < 4.78 is 28.0. The highest BCUT2D eigenvalue weighted by Crippen LogP contribution is 2.22. The Morgan fingerprint density at radius 2 is 1.52 bits per heavy atom. The molecule has 0 aromatic heterocycles. The summed E-state index contributed by atoms with van der Waals surface area (Å²) in [7, 11) is -3.60. The van der Waals surface area contributed by atoms with Gasteiger partial charge < -0.3 is 5.73 Å². The fourth-order valence-electron chi connectivity index (χ4n) is 2.47. The number of aryl methyl sites for hydroxylation is 1. The first kappa shape index (κ1) is 17.7. The van der Waals surface area contributed by atoms with E-state index in [9.17, 15) is 8.42 Å². The van der Waals surface area contributed by atoms with E-state index < -0.39 is 16.1 Å². The zero-order valence-corrected chi connectivity index (χ0v) is 14.5. The summed E-state index contributed by atoms with van der Waals surface area (Å²) in [6.07, 6.45) is 0. The Kier molecular flexibility index (Phi) is 5.57. The lowest BCUT2D eigenvalue weighted by Crippen LogP contribution is -2.45. The van der Waals surface area contributed by atoms with Crippen molar-refractivity contribution in [2.75, 3.05) is 0 Å². The Morgan fingerprint density at radius 3 is 2.04 bits per heavy atom. The average Bonchev–Trinajstić information content (AvgIpc) is 2.53. The van der Waals surface area contributed by atoms with Crippen molar-refractivity contribution >= 4 is 10.0 Å². The molecule has 124 valence electrons. The van der Waals surface area contributed by atoms with Crippen LogP contribution in [0.5, 0.6) is 0 Å². The van der Waals surface area contributed by atoms with Crippen LogP contribution in [-0.2, 0) is 10.0 Å². The Labute approximate surface area is 138 Å². The normalized spacial score (nSPS) is 14.7. The number of rotatable bonds is 6. The van der Waals surface area contributed by atoms with Crippen LogP contribution in [0.1, 0.15) is 31.0 Å². The molecule has 0 amide bonds. The number of nitrogens with two attached hydrogens (primary N) is 1. The van der Waals surface area contributed by atoms with Gasteiger partial charge in [-0.1, -0.05) is 61.9 Å². The van der Waals surface area contributed by atoms with Crippen molar-refractivity contribution in [2.24, 2.45) is 11.7 Å². The largest absolute Gasteiger partial charge is 0.323 e. The summed E-state index contributed by atoms with van der Waals surface area (Å²) in [6, 6.07) is 15.6. The maximum Gasteiger partial charge on any atom is 0.240 e. The SMILES string of the molecule is Cc1ccc(S(=O)(=O)N[C@H](C(C)C)[C@H](N)c2ccccc2)cc1. The molecule has 2 atom stereocenters. The number of nitrogens with one attached hydrogen (secondary N) is 1. The van der Waals surface area contributed by atoms with Gasteiger partial charge in [0.25, 0.3) is 0 Å². The van der Waals surface area contributed by atoms with Crippen molar-refractivity contribution in [2.45, 2.75) is 37.8 Å². The molecule has 2 rings (SSSR count). The molecule has 0 unspecified atom stereocenters. The highest BCUT2D eigenvalue weighted by atomic mass is 32.2. The lowest BCUT2D eigenvalue weighted by atomic mass is 9.93. The second-order valence-electron chi connectivity index (χ2n) is 6.14. The summed E-state index contributed by atoms with van der Waals surface area (Å²) in [5.74, 6) is 0.0606. The van der Waals surface area contributed by atoms with Crippen molar-refractivity contribution in [1.29, 1.82) is 0 Å². The van der Waals surface area contributed by atoms with Gasteiger partial charge >= 0.3 is 0 Å². The highest BCUT2D eigenvalue weighted by molar-refractivity contribution is 7.89. The molecule has 3 N–H and O–H groups in total. The predicted molar refractivity (Wildman–Crippen MR) is 93.5 cm³/mol. The smallest absolute Gasteiger partial charge is 0.240 e. The molecule has 0 saturated heterocycles. The maximum atomic E-state index is 12.6. The molecule has 0 aliphatic heterocycles. The number of hydrogen-bond donors (Lipinski definition) is 2. The molecule has 0 bridgehead atoms. The molecule has 0 radical (unpaired) electrons. The number of benzene rings is 2. The van der Waals surface area contributed by atoms with Gasteiger partial charge in [-0.3, -0.25) is 0 Å². The van der Waals surface area contributed by atoms with E-state index >= 15 is 0 Å². The van der Waals surface area contributed by atoms with E-state index in [1.807, 2.05) is 51.1 Å². The van der Waals surface area contributed by atoms with Crippen LogP contribution in [0.25, 0.3) is 0 Å². The quantitative estimate of drug-likeness (QED) is 0.854. The number of hydrogen-bond acceptors (Lipinski definition) is 3. The first-order chi connectivity index (χ1) is 10.8. The van der Waals surface area contributed by atoms with Gasteiger partial charge in [0, 0.05) is 12.1 Å². The molecular formula is C18H24N2O2S. The van der Waals surface area contributed by atoms with E-state index in [-0.39, 0.29) is 16.9 Å². The van der Waals surface area contributed by atoms with Gasteiger partial charge in [0.1, 0.15) is 0 Å². The van der Waals surface area contributed by atoms with Crippen molar-refractivity contribution in [3.63, 3.8) is 0 Å². The molecule has 5 heteroatoms. The molecule has 23 heavy (non-hydrogen) atoms. The Balaban J connectivity index is 2.27. The summed E-state index contributed by atoms with van der Waals surface area (Å²) >= 11 is 0. The van der Waals surface area contributed by atoms with Crippen LogP contribution in [-0.4, -0.2) is 14.5 Å². The summed E-state index contributed by atoms with van der Waals surface area (Å²) in [6.45, 7) is 5.85. The second-order valence-corrected chi connectivity index (χ2v) is 7.85. The van der Waals surface area contributed by atoms with Crippen molar-refractivity contribution in [3.05, 3.63) is 65.7 Å². The zero-order chi connectivity index (χ0) is 17.0. The standard InChI is InChI=1S/C18H24N2O2S/c1-13(2)18(17(19)15-7-5-4-6-8-15)20-23(21,22)16-11-9-14(3)10-12-16/h4-13,17-18,20H,19H2,1-3H3/t17-,18-/m1/s1. The van der Waals surface area contributed by atoms with Crippen LogP contribution in [0.2, 0.25) is 0 Å². The molecule has 0 aliphatic rings. The summed E-state index contributed by atoms with van der Waals surface area (Å²) in [5.41, 5.74) is 8.26. The van der Waals surface area contributed by atoms with Gasteiger partial charge in [-0.2, -0.15) is 0 Å². The number of sulfonamides is 1. The third-order valence-corrected chi connectivity index (χ3v) is 5.39. The lowest BCUT2D eigenvalue weighted by molar-refractivity contribution is 0.388. The Morgan fingerprint density at radius 1 is 0.957 bits per heavy atom. The molecule has 0 aliphatic carbocycles. The van der Waals surface area contributed by atoms with Crippen molar-refractivity contribution < 1.29 is 8.42 Å². The molecule has 0 fully saturated rings. The predicted octanol–water partition coefficient (Wildman–Crippen LogP) is 3.00. The first-order valence-electron chi connectivity index (χ1n) is 7.71. The van der Waals surface area contributed by atoms with E-state index in [1.54, 1.807) is 24.3 Å². The molecular weight excluding hydrogens is 308 g/mol. The van der Waals surface area contributed by atoms with Crippen LogP contribution in [0, 0.1) is 12.8 Å². The molecule has 0 heterocycles. The van der Waals surface area contributed by atoms with E-state index in [2.05, 4.69) is 4.72 Å². The molecule has 4 nitrogen and oxygen atoms in total. The second kappa shape index (κ2) is 7.25. The minimum Gasteiger partial charge on any atom is -0.323 e. The zero-order valence-electron chi connectivity index (χ0n) is 13.7. The fourth-order valence-corrected chi connectivity index (χ4v) is 3.88. The lowest BCUT2D eigenvalue weighted by Gasteiger charge is -2.28. The molecule has 0 saturated carbocycles. The minimum atomic E-state index is -3.60.